The fourth-order valence-corrected chi connectivity index (χ4v) is 3.99. The first-order valence-corrected chi connectivity index (χ1v) is 10.2. The van der Waals surface area contributed by atoms with Crippen LogP contribution in [0.2, 0.25) is 10.0 Å². The Kier molecular flexibility index (Phi) is 7.18. The third-order valence-corrected chi connectivity index (χ3v) is 5.77. The smallest absolute Gasteiger partial charge is 0.405 e. The van der Waals surface area contributed by atoms with Gasteiger partial charge in [0.05, 0.1) is 6.04 Å². The summed E-state index contributed by atoms with van der Waals surface area (Å²) >= 11 is 12.1. The molecule has 0 radical (unpaired) electrons. The highest BCUT2D eigenvalue weighted by Gasteiger charge is 2.29. The summed E-state index contributed by atoms with van der Waals surface area (Å²) < 4.78 is 0. The minimum atomic E-state index is -1.04. The van der Waals surface area contributed by atoms with Crippen LogP contribution in [0, 0.1) is 5.92 Å². The van der Waals surface area contributed by atoms with Crippen molar-refractivity contribution in [1.82, 2.24) is 5.32 Å². The zero-order valence-corrected chi connectivity index (χ0v) is 17.6. The largest absolute Gasteiger partial charge is 0.465 e. The summed E-state index contributed by atoms with van der Waals surface area (Å²) in [7, 11) is 0. The lowest BCUT2D eigenvalue weighted by Crippen LogP contribution is -2.34. The lowest BCUT2D eigenvalue weighted by molar-refractivity contribution is 0.182. The van der Waals surface area contributed by atoms with Crippen molar-refractivity contribution in [2.45, 2.75) is 25.3 Å². The maximum absolute atomic E-state index is 11.5. The number of amides is 1. The number of nitrogens with one attached hydrogen (secondary N) is 1. The maximum atomic E-state index is 11.5. The summed E-state index contributed by atoms with van der Waals surface area (Å²) in [5.41, 5.74) is 3.20. The molecule has 3 atom stereocenters. The van der Waals surface area contributed by atoms with Gasteiger partial charge in [-0.2, -0.15) is 0 Å². The van der Waals surface area contributed by atoms with E-state index in [1.807, 2.05) is 78.9 Å². The van der Waals surface area contributed by atoms with Crippen LogP contribution in [0.4, 0.5) is 4.79 Å². The lowest BCUT2D eigenvalue weighted by Gasteiger charge is -2.32. The summed E-state index contributed by atoms with van der Waals surface area (Å²) in [6.07, 6.45) is -0.281. The summed E-state index contributed by atoms with van der Waals surface area (Å²) in [6.45, 7) is 2.09. The molecule has 0 fully saturated rings. The van der Waals surface area contributed by atoms with Gasteiger partial charge in [0.1, 0.15) is 0 Å². The van der Waals surface area contributed by atoms with E-state index in [1.165, 1.54) is 0 Å². The number of benzene rings is 3. The van der Waals surface area contributed by atoms with Crippen LogP contribution in [-0.4, -0.2) is 11.2 Å². The van der Waals surface area contributed by atoms with Gasteiger partial charge < -0.3 is 10.4 Å². The van der Waals surface area contributed by atoms with E-state index in [1.54, 1.807) is 0 Å². The molecule has 3 rings (SSSR count). The topological polar surface area (TPSA) is 49.3 Å². The van der Waals surface area contributed by atoms with Gasteiger partial charge in [-0.15, -0.1) is 0 Å². The van der Waals surface area contributed by atoms with Crippen LogP contribution >= 0.6 is 23.2 Å². The molecular formula is C24H23Cl2NO2. The van der Waals surface area contributed by atoms with E-state index in [0.29, 0.717) is 10.0 Å². The zero-order valence-electron chi connectivity index (χ0n) is 16.1. The highest BCUT2D eigenvalue weighted by Crippen LogP contribution is 2.37. The molecule has 0 aliphatic heterocycles. The first-order chi connectivity index (χ1) is 13.9. The highest BCUT2D eigenvalue weighted by atomic mass is 35.5. The van der Waals surface area contributed by atoms with Crippen LogP contribution in [0.15, 0.2) is 78.9 Å². The van der Waals surface area contributed by atoms with E-state index in [0.717, 1.165) is 23.1 Å². The summed E-state index contributed by atoms with van der Waals surface area (Å²) in [4.78, 5) is 11.5. The average Bonchev–Trinajstić information content (AvgIpc) is 2.72. The minimum absolute atomic E-state index is 0.00893. The molecule has 0 spiro atoms. The molecule has 0 bridgehead atoms. The monoisotopic (exact) mass is 427 g/mol. The fourth-order valence-electron chi connectivity index (χ4n) is 3.74. The molecule has 3 unspecified atom stereocenters. The Morgan fingerprint density at radius 1 is 0.862 bits per heavy atom. The van der Waals surface area contributed by atoms with Crippen LogP contribution in [0.5, 0.6) is 0 Å². The standard InChI is InChI=1S/C24H23Cl2NO2/c1-16(23(27-24(28)29)19-5-3-2-4-6-19)22(18-9-13-21(26)14-10-18)15-17-7-11-20(25)12-8-17/h2-14,16,22-23,27H,15H2,1H3,(H,28,29). The molecule has 29 heavy (non-hydrogen) atoms. The third-order valence-electron chi connectivity index (χ3n) is 5.27. The van der Waals surface area contributed by atoms with Crippen molar-refractivity contribution in [3.05, 3.63) is 106 Å². The van der Waals surface area contributed by atoms with Gasteiger partial charge in [0.25, 0.3) is 0 Å². The molecular weight excluding hydrogens is 405 g/mol. The maximum Gasteiger partial charge on any atom is 0.405 e. The van der Waals surface area contributed by atoms with Crippen molar-refractivity contribution < 1.29 is 9.90 Å². The number of halogens is 2. The Morgan fingerprint density at radius 2 is 1.41 bits per heavy atom. The van der Waals surface area contributed by atoms with Crippen molar-refractivity contribution in [2.75, 3.05) is 0 Å². The van der Waals surface area contributed by atoms with Gasteiger partial charge in [0.2, 0.25) is 0 Å². The van der Waals surface area contributed by atoms with Crippen LogP contribution in [0.25, 0.3) is 0 Å². The molecule has 3 aromatic rings. The first-order valence-electron chi connectivity index (χ1n) is 9.48. The summed E-state index contributed by atoms with van der Waals surface area (Å²) in [6, 6.07) is 24.9. The molecule has 3 aromatic carbocycles. The third kappa shape index (κ3) is 5.75. The van der Waals surface area contributed by atoms with E-state index in [-0.39, 0.29) is 17.9 Å². The van der Waals surface area contributed by atoms with Gasteiger partial charge in [-0.25, -0.2) is 4.79 Å². The van der Waals surface area contributed by atoms with Gasteiger partial charge in [-0.3, -0.25) is 0 Å². The van der Waals surface area contributed by atoms with Gasteiger partial charge in [-0.05, 0) is 59.2 Å². The Bertz CT molecular complexity index is 927. The molecule has 5 heteroatoms. The predicted molar refractivity (Wildman–Crippen MR) is 119 cm³/mol. The molecule has 0 saturated heterocycles. The van der Waals surface area contributed by atoms with E-state index < -0.39 is 6.09 Å². The second-order valence-corrected chi connectivity index (χ2v) is 8.06. The molecule has 1 amide bonds. The Labute approximate surface area is 181 Å². The zero-order chi connectivity index (χ0) is 20.8. The Hall–Kier alpha value is -2.49. The molecule has 0 saturated carbocycles. The molecule has 0 heterocycles. The molecule has 0 aliphatic rings. The van der Waals surface area contributed by atoms with Gasteiger partial charge in [0, 0.05) is 10.0 Å². The van der Waals surface area contributed by atoms with Gasteiger partial charge >= 0.3 is 6.09 Å². The molecule has 0 aromatic heterocycles. The van der Waals surface area contributed by atoms with Crippen LogP contribution in [0.3, 0.4) is 0 Å². The molecule has 2 N–H and O–H groups in total. The lowest BCUT2D eigenvalue weighted by atomic mass is 9.77. The SMILES string of the molecule is CC(C(Cc1ccc(Cl)cc1)c1ccc(Cl)cc1)C(NC(=O)O)c1ccccc1. The summed E-state index contributed by atoms with van der Waals surface area (Å²) in [5.74, 6) is 0.0656. The summed E-state index contributed by atoms with van der Waals surface area (Å²) in [5, 5.41) is 13.6. The Morgan fingerprint density at radius 3 is 1.97 bits per heavy atom. The Balaban J connectivity index is 1.98. The molecule has 0 aliphatic carbocycles. The van der Waals surface area contributed by atoms with Crippen molar-refractivity contribution >= 4 is 29.3 Å². The first kappa shape index (κ1) is 21.2. The second-order valence-electron chi connectivity index (χ2n) is 7.19. The molecule has 150 valence electrons. The van der Waals surface area contributed by atoms with E-state index in [9.17, 15) is 9.90 Å². The predicted octanol–water partition coefficient (Wildman–Crippen LogP) is 6.96. The van der Waals surface area contributed by atoms with E-state index in [4.69, 9.17) is 23.2 Å². The van der Waals surface area contributed by atoms with E-state index >= 15 is 0 Å². The minimum Gasteiger partial charge on any atom is -0.465 e. The number of rotatable bonds is 7. The van der Waals surface area contributed by atoms with Crippen LogP contribution in [0.1, 0.15) is 35.6 Å². The van der Waals surface area contributed by atoms with Gasteiger partial charge in [0.15, 0.2) is 0 Å². The average molecular weight is 428 g/mol. The van der Waals surface area contributed by atoms with Crippen molar-refractivity contribution in [2.24, 2.45) is 5.92 Å². The number of carbonyl (C=O) groups is 1. The van der Waals surface area contributed by atoms with E-state index in [2.05, 4.69) is 12.2 Å². The van der Waals surface area contributed by atoms with Crippen molar-refractivity contribution in [3.63, 3.8) is 0 Å². The fraction of sp³-hybridized carbons (Fsp3) is 0.208. The van der Waals surface area contributed by atoms with Crippen molar-refractivity contribution in [3.8, 4) is 0 Å². The quantitative estimate of drug-likeness (QED) is 0.427. The van der Waals surface area contributed by atoms with Gasteiger partial charge in [-0.1, -0.05) is 84.7 Å². The normalized spacial score (nSPS) is 14.0. The number of carboxylic acid groups (broad SMARTS) is 1. The number of hydrogen-bond acceptors (Lipinski definition) is 1. The second kappa shape index (κ2) is 9.82. The van der Waals surface area contributed by atoms with Crippen molar-refractivity contribution in [1.29, 1.82) is 0 Å². The molecule has 3 nitrogen and oxygen atoms in total. The van der Waals surface area contributed by atoms with Crippen LogP contribution < -0.4 is 5.32 Å². The highest BCUT2D eigenvalue weighted by molar-refractivity contribution is 6.30. The number of hydrogen-bond donors (Lipinski definition) is 2. The van der Waals surface area contributed by atoms with Crippen LogP contribution in [-0.2, 0) is 6.42 Å².